The third-order valence-corrected chi connectivity index (χ3v) is 5.08. The zero-order chi connectivity index (χ0) is 12.9. The van der Waals surface area contributed by atoms with Crippen LogP contribution in [0.1, 0.15) is 0 Å². The standard InChI is InChI=1S/C12H8IO4P/c13-9-5-8-7-3-1-2-4-10(7)17-11(8)6-12(9)18(14,15)16/h1-6H,(H2,14,15,16). The first-order valence-electron chi connectivity index (χ1n) is 5.14. The Morgan fingerprint density at radius 1 is 1.06 bits per heavy atom. The molecule has 6 heteroatoms. The van der Waals surface area contributed by atoms with E-state index in [1.807, 2.05) is 46.9 Å². The van der Waals surface area contributed by atoms with Gasteiger partial charge in [-0.3, -0.25) is 4.57 Å². The van der Waals surface area contributed by atoms with Gasteiger partial charge in [-0.15, -0.1) is 0 Å². The fourth-order valence-electron chi connectivity index (χ4n) is 1.96. The van der Waals surface area contributed by atoms with Crippen LogP contribution in [-0.4, -0.2) is 9.79 Å². The van der Waals surface area contributed by atoms with Crippen molar-refractivity contribution in [2.75, 3.05) is 0 Å². The molecule has 0 aliphatic heterocycles. The molecule has 1 heterocycles. The maximum atomic E-state index is 11.4. The molecule has 0 saturated heterocycles. The van der Waals surface area contributed by atoms with Crippen molar-refractivity contribution in [2.45, 2.75) is 0 Å². The number of fused-ring (bicyclic) bond motifs is 3. The van der Waals surface area contributed by atoms with Crippen LogP contribution >= 0.6 is 30.2 Å². The van der Waals surface area contributed by atoms with Crippen molar-refractivity contribution >= 4 is 57.4 Å². The summed E-state index contributed by atoms with van der Waals surface area (Å²) in [7, 11) is -4.27. The number of hydrogen-bond acceptors (Lipinski definition) is 2. The molecular weight excluding hydrogens is 366 g/mol. The summed E-state index contributed by atoms with van der Waals surface area (Å²) in [6.07, 6.45) is 0. The van der Waals surface area contributed by atoms with Gasteiger partial charge in [0.15, 0.2) is 0 Å². The van der Waals surface area contributed by atoms with Crippen LogP contribution in [0.2, 0.25) is 0 Å². The molecule has 4 nitrogen and oxygen atoms in total. The summed E-state index contributed by atoms with van der Waals surface area (Å²) in [6.45, 7) is 0. The first-order valence-corrected chi connectivity index (χ1v) is 7.83. The van der Waals surface area contributed by atoms with Crippen molar-refractivity contribution in [3.8, 4) is 0 Å². The summed E-state index contributed by atoms with van der Waals surface area (Å²) >= 11 is 1.93. The largest absolute Gasteiger partial charge is 0.456 e. The van der Waals surface area contributed by atoms with Gasteiger partial charge in [0.1, 0.15) is 11.2 Å². The first-order chi connectivity index (χ1) is 8.47. The Labute approximate surface area is 116 Å². The SMILES string of the molecule is O=P(O)(O)c1cc2oc3ccccc3c2cc1I. The molecule has 3 rings (SSSR count). The van der Waals surface area contributed by atoms with Gasteiger partial charge in [-0.05, 0) is 40.8 Å². The highest BCUT2D eigenvalue weighted by atomic mass is 127. The second kappa shape index (κ2) is 4.06. The van der Waals surface area contributed by atoms with Crippen molar-refractivity contribution in [3.05, 3.63) is 40.0 Å². The summed E-state index contributed by atoms with van der Waals surface area (Å²) in [6, 6.07) is 10.7. The molecular formula is C12H8IO4P. The number of rotatable bonds is 1. The van der Waals surface area contributed by atoms with Crippen molar-refractivity contribution in [1.29, 1.82) is 0 Å². The van der Waals surface area contributed by atoms with Gasteiger partial charge < -0.3 is 14.2 Å². The van der Waals surface area contributed by atoms with Crippen LogP contribution in [0.3, 0.4) is 0 Å². The Morgan fingerprint density at radius 2 is 1.78 bits per heavy atom. The fourth-order valence-corrected chi connectivity index (χ4v) is 4.00. The second-order valence-corrected chi connectivity index (χ2v) is 6.67. The number of para-hydroxylation sites is 1. The minimum atomic E-state index is -4.27. The highest BCUT2D eigenvalue weighted by Crippen LogP contribution is 2.38. The van der Waals surface area contributed by atoms with E-state index in [1.54, 1.807) is 6.07 Å². The van der Waals surface area contributed by atoms with Gasteiger partial charge in [-0.25, -0.2) is 0 Å². The maximum Gasteiger partial charge on any atom is 0.357 e. The molecule has 0 aliphatic rings. The average molecular weight is 374 g/mol. The highest BCUT2D eigenvalue weighted by molar-refractivity contribution is 14.1. The van der Waals surface area contributed by atoms with Crippen molar-refractivity contribution in [2.24, 2.45) is 0 Å². The van der Waals surface area contributed by atoms with Gasteiger partial charge in [0.05, 0.1) is 5.30 Å². The first kappa shape index (κ1) is 12.2. The maximum absolute atomic E-state index is 11.4. The van der Waals surface area contributed by atoms with Gasteiger partial charge in [-0.2, -0.15) is 0 Å². The molecule has 1 aromatic heterocycles. The van der Waals surface area contributed by atoms with Gasteiger partial charge in [-0.1, -0.05) is 18.2 Å². The molecule has 0 saturated carbocycles. The minimum Gasteiger partial charge on any atom is -0.456 e. The third-order valence-electron chi connectivity index (χ3n) is 2.76. The predicted molar refractivity (Wildman–Crippen MR) is 78.1 cm³/mol. The van der Waals surface area contributed by atoms with Crippen LogP contribution in [0.5, 0.6) is 0 Å². The van der Waals surface area contributed by atoms with Gasteiger partial charge >= 0.3 is 7.60 Å². The second-order valence-electron chi connectivity index (χ2n) is 3.94. The van der Waals surface area contributed by atoms with Gasteiger partial charge in [0, 0.05) is 14.3 Å². The molecule has 0 aliphatic carbocycles. The molecule has 0 fully saturated rings. The van der Waals surface area contributed by atoms with E-state index < -0.39 is 7.60 Å². The smallest absolute Gasteiger partial charge is 0.357 e. The Morgan fingerprint density at radius 3 is 2.50 bits per heavy atom. The Kier molecular flexibility index (Phi) is 2.75. The lowest BCUT2D eigenvalue weighted by Crippen LogP contribution is -2.07. The van der Waals surface area contributed by atoms with E-state index in [2.05, 4.69) is 0 Å². The summed E-state index contributed by atoms with van der Waals surface area (Å²) < 4.78 is 17.5. The summed E-state index contributed by atoms with van der Waals surface area (Å²) in [4.78, 5) is 18.5. The zero-order valence-electron chi connectivity index (χ0n) is 9.00. The molecule has 18 heavy (non-hydrogen) atoms. The van der Waals surface area contributed by atoms with E-state index >= 15 is 0 Å². The van der Waals surface area contributed by atoms with Crippen LogP contribution in [0.15, 0.2) is 40.8 Å². The lowest BCUT2D eigenvalue weighted by Gasteiger charge is -2.05. The number of furan rings is 1. The third kappa shape index (κ3) is 1.87. The van der Waals surface area contributed by atoms with Gasteiger partial charge in [0.2, 0.25) is 0 Å². The van der Waals surface area contributed by atoms with Crippen LogP contribution < -0.4 is 5.30 Å². The fraction of sp³-hybridized carbons (Fsp3) is 0. The normalized spacial score (nSPS) is 12.4. The molecule has 2 N–H and O–H groups in total. The molecule has 0 spiro atoms. The highest BCUT2D eigenvalue weighted by Gasteiger charge is 2.22. The van der Waals surface area contributed by atoms with Crippen LogP contribution in [0.4, 0.5) is 0 Å². The number of hydrogen-bond donors (Lipinski definition) is 2. The Hall–Kier alpha value is -0.880. The van der Waals surface area contributed by atoms with Crippen molar-refractivity contribution in [3.63, 3.8) is 0 Å². The average Bonchev–Trinajstić information content (AvgIpc) is 2.65. The van der Waals surface area contributed by atoms with E-state index in [-0.39, 0.29) is 5.30 Å². The van der Waals surface area contributed by atoms with Crippen LogP contribution in [0, 0.1) is 3.57 Å². The van der Waals surface area contributed by atoms with Crippen molar-refractivity contribution < 1.29 is 18.8 Å². The lowest BCUT2D eigenvalue weighted by atomic mass is 10.1. The van der Waals surface area contributed by atoms with Crippen LogP contribution in [-0.2, 0) is 4.57 Å². The van der Waals surface area contributed by atoms with E-state index in [0.29, 0.717) is 14.7 Å². The monoisotopic (exact) mass is 374 g/mol. The van der Waals surface area contributed by atoms with Gasteiger partial charge in [0.25, 0.3) is 0 Å². The predicted octanol–water partition coefficient (Wildman–Crippen LogP) is 2.99. The summed E-state index contributed by atoms with van der Waals surface area (Å²) in [5.74, 6) is 0. The molecule has 3 aromatic rings. The zero-order valence-corrected chi connectivity index (χ0v) is 12.1. The van der Waals surface area contributed by atoms with E-state index in [9.17, 15) is 14.4 Å². The minimum absolute atomic E-state index is 0.00894. The van der Waals surface area contributed by atoms with E-state index in [0.717, 1.165) is 10.8 Å². The molecule has 0 unspecified atom stereocenters. The molecule has 0 radical (unpaired) electrons. The Bertz CT molecular complexity index is 802. The molecule has 0 atom stereocenters. The topological polar surface area (TPSA) is 70.7 Å². The summed E-state index contributed by atoms with van der Waals surface area (Å²) in [5.41, 5.74) is 1.21. The molecule has 0 bridgehead atoms. The molecule has 92 valence electrons. The Balaban J connectivity index is 2.44. The van der Waals surface area contributed by atoms with Crippen molar-refractivity contribution in [1.82, 2.24) is 0 Å². The summed E-state index contributed by atoms with van der Waals surface area (Å²) in [5, 5.41) is 1.82. The molecule has 2 aromatic carbocycles. The number of halogens is 1. The van der Waals surface area contributed by atoms with E-state index in [4.69, 9.17) is 4.42 Å². The van der Waals surface area contributed by atoms with Crippen LogP contribution in [0.25, 0.3) is 21.9 Å². The number of benzene rings is 2. The lowest BCUT2D eigenvalue weighted by molar-refractivity contribution is 0.387. The molecule has 0 amide bonds. The van der Waals surface area contributed by atoms with E-state index in [1.165, 1.54) is 6.07 Å². The quantitative estimate of drug-likeness (QED) is 0.508.